The van der Waals surface area contributed by atoms with Gasteiger partial charge in [0.15, 0.2) is 11.6 Å². The van der Waals surface area contributed by atoms with Crippen LogP contribution in [-0.2, 0) is 4.79 Å². The van der Waals surface area contributed by atoms with Crippen LogP contribution in [0, 0.1) is 5.82 Å². The SMILES string of the molecule is CC[N+]1(C(C)=O)CCCC1CNc1nc(Nc2ccc(OC)c(F)c2)nc(NC2CCCCCC2)n1.[Cl-]. The molecule has 1 aromatic carbocycles. The van der Waals surface area contributed by atoms with E-state index in [2.05, 4.69) is 37.8 Å². The van der Waals surface area contributed by atoms with Gasteiger partial charge in [0.1, 0.15) is 6.04 Å². The van der Waals surface area contributed by atoms with Crippen molar-refractivity contribution in [1.29, 1.82) is 0 Å². The van der Waals surface area contributed by atoms with Crippen molar-refractivity contribution in [1.82, 2.24) is 15.0 Å². The summed E-state index contributed by atoms with van der Waals surface area (Å²) >= 11 is 0. The molecule has 11 heteroatoms. The van der Waals surface area contributed by atoms with Crippen LogP contribution in [0.1, 0.15) is 65.2 Å². The number of rotatable bonds is 9. The van der Waals surface area contributed by atoms with Crippen LogP contribution in [-0.4, -0.2) is 64.2 Å². The van der Waals surface area contributed by atoms with Crippen LogP contribution in [0.4, 0.5) is 27.9 Å². The molecule has 2 atom stereocenters. The third kappa shape index (κ3) is 6.98. The number of carbonyl (C=O) groups excluding carboxylic acids is 1. The first-order chi connectivity index (χ1) is 17.4. The van der Waals surface area contributed by atoms with Gasteiger partial charge < -0.3 is 33.1 Å². The zero-order valence-electron chi connectivity index (χ0n) is 22.0. The predicted octanol–water partition coefficient (Wildman–Crippen LogP) is 1.86. The third-order valence-electron chi connectivity index (χ3n) is 7.71. The standard InChI is InChI=1S/C26H39FN7O2.ClH/c1-4-34(18(2)35)15-9-12-21(34)17-28-24-31-25(29-19-10-7-5-6-8-11-19)33-26(32-24)30-20-13-14-23(36-3)22(27)16-20;/h13-14,16,19,21H,4-12,15,17H2,1-3H3,(H3,28,29,30,31,32,33);1H/q+1;/p-1. The number of halogens is 2. The molecule has 1 saturated carbocycles. The average Bonchev–Trinajstić information content (AvgIpc) is 3.12. The highest BCUT2D eigenvalue weighted by molar-refractivity contribution is 5.66. The van der Waals surface area contributed by atoms with Crippen LogP contribution < -0.4 is 33.1 Å². The number of amides is 1. The molecule has 0 spiro atoms. The number of nitrogens with one attached hydrogen (secondary N) is 3. The molecule has 1 aromatic heterocycles. The van der Waals surface area contributed by atoms with Gasteiger partial charge in [-0.2, -0.15) is 15.0 Å². The number of aromatic nitrogens is 3. The fourth-order valence-corrected chi connectivity index (χ4v) is 5.63. The van der Waals surface area contributed by atoms with E-state index in [0.29, 0.717) is 40.6 Å². The predicted molar refractivity (Wildman–Crippen MR) is 139 cm³/mol. The Morgan fingerprint density at radius 3 is 2.41 bits per heavy atom. The van der Waals surface area contributed by atoms with Crippen molar-refractivity contribution in [2.24, 2.45) is 0 Å². The minimum Gasteiger partial charge on any atom is -1.00 e. The molecule has 2 fully saturated rings. The number of nitrogens with zero attached hydrogens (tertiary/aromatic N) is 4. The van der Waals surface area contributed by atoms with Crippen molar-refractivity contribution in [2.45, 2.75) is 77.3 Å². The molecule has 2 unspecified atom stereocenters. The normalized spacial score (nSPS) is 22.0. The fraction of sp³-hybridized carbons (Fsp3) is 0.615. The Bertz CT molecular complexity index is 1050. The van der Waals surface area contributed by atoms with Crippen LogP contribution in [0.15, 0.2) is 18.2 Å². The lowest BCUT2D eigenvalue weighted by Crippen LogP contribution is -3.00. The maximum atomic E-state index is 14.3. The molecule has 1 aliphatic carbocycles. The smallest absolute Gasteiger partial charge is 0.310 e. The third-order valence-corrected chi connectivity index (χ3v) is 7.71. The largest absolute Gasteiger partial charge is 1.00 e. The topological polar surface area (TPSA) is 101 Å². The zero-order valence-corrected chi connectivity index (χ0v) is 22.8. The Morgan fingerprint density at radius 2 is 1.76 bits per heavy atom. The Morgan fingerprint density at radius 1 is 1.05 bits per heavy atom. The van der Waals surface area contributed by atoms with Gasteiger partial charge in [0.25, 0.3) is 0 Å². The van der Waals surface area contributed by atoms with E-state index in [1.54, 1.807) is 19.1 Å². The molecule has 2 heterocycles. The summed E-state index contributed by atoms with van der Waals surface area (Å²) in [4.78, 5) is 26.3. The molecule has 204 valence electrons. The van der Waals surface area contributed by atoms with E-state index >= 15 is 0 Å². The van der Waals surface area contributed by atoms with Gasteiger partial charge in [-0.25, -0.2) is 9.18 Å². The lowest BCUT2D eigenvalue weighted by atomic mass is 10.1. The van der Waals surface area contributed by atoms with Crippen LogP contribution in [0.25, 0.3) is 0 Å². The van der Waals surface area contributed by atoms with E-state index in [4.69, 9.17) is 4.74 Å². The number of hydrogen-bond acceptors (Lipinski definition) is 8. The zero-order chi connectivity index (χ0) is 25.5. The summed E-state index contributed by atoms with van der Waals surface area (Å²) < 4.78 is 19.8. The van der Waals surface area contributed by atoms with E-state index in [0.717, 1.165) is 38.8 Å². The molecule has 1 aliphatic heterocycles. The molecule has 1 saturated heterocycles. The van der Waals surface area contributed by atoms with Crippen LogP contribution in [0.5, 0.6) is 5.75 Å². The lowest BCUT2D eigenvalue weighted by molar-refractivity contribution is -0.862. The van der Waals surface area contributed by atoms with E-state index in [9.17, 15) is 9.18 Å². The van der Waals surface area contributed by atoms with Crippen LogP contribution in [0.3, 0.4) is 0 Å². The highest BCUT2D eigenvalue weighted by Crippen LogP contribution is 2.28. The molecule has 3 N–H and O–H groups in total. The molecular weight excluding hydrogens is 497 g/mol. The van der Waals surface area contributed by atoms with Crippen molar-refractivity contribution < 1.29 is 30.8 Å². The molecule has 4 rings (SSSR count). The maximum absolute atomic E-state index is 14.3. The van der Waals surface area contributed by atoms with Gasteiger partial charge in [-0.05, 0) is 31.9 Å². The van der Waals surface area contributed by atoms with Crippen molar-refractivity contribution >= 4 is 29.4 Å². The molecule has 2 aromatic rings. The first kappa shape index (κ1) is 28.8. The second-order valence-electron chi connectivity index (χ2n) is 9.88. The molecule has 0 bridgehead atoms. The highest BCUT2D eigenvalue weighted by atomic mass is 35.5. The molecular formula is C26H39ClFN7O2. The first-order valence-corrected chi connectivity index (χ1v) is 13.2. The Kier molecular flexibility index (Phi) is 10.3. The number of likely N-dealkylation sites (tertiary alicyclic amines) is 1. The summed E-state index contributed by atoms with van der Waals surface area (Å²) in [6.45, 7) is 6.02. The highest BCUT2D eigenvalue weighted by Gasteiger charge is 2.44. The average molecular weight is 536 g/mol. The molecule has 2 aliphatic rings. The quantitative estimate of drug-likeness (QED) is 0.330. The summed E-state index contributed by atoms with van der Waals surface area (Å²) in [6.07, 6.45) is 9.06. The minimum absolute atomic E-state index is 0. The van der Waals surface area contributed by atoms with Gasteiger partial charge in [0.05, 0.1) is 33.7 Å². The van der Waals surface area contributed by atoms with E-state index < -0.39 is 5.82 Å². The summed E-state index contributed by atoms with van der Waals surface area (Å²) in [5.41, 5.74) is 0.514. The number of likely N-dealkylation sites (N-methyl/N-ethyl adjacent to an activating group) is 1. The second-order valence-corrected chi connectivity index (χ2v) is 9.88. The second kappa shape index (κ2) is 13.2. The van der Waals surface area contributed by atoms with Gasteiger partial charge in [-0.15, -0.1) is 0 Å². The van der Waals surface area contributed by atoms with Gasteiger partial charge >= 0.3 is 5.91 Å². The lowest BCUT2D eigenvalue weighted by Gasteiger charge is -2.35. The van der Waals surface area contributed by atoms with E-state index in [1.165, 1.54) is 38.9 Å². The number of ether oxygens (including phenoxy) is 1. The Labute approximate surface area is 225 Å². The summed E-state index contributed by atoms with van der Waals surface area (Å²) in [5, 5.41) is 9.97. The van der Waals surface area contributed by atoms with E-state index in [1.807, 2.05) is 0 Å². The summed E-state index contributed by atoms with van der Waals surface area (Å²) in [6, 6.07) is 5.12. The minimum atomic E-state index is -0.467. The number of quaternary nitrogens is 1. The monoisotopic (exact) mass is 535 g/mol. The molecule has 0 radical (unpaired) electrons. The van der Waals surface area contributed by atoms with Crippen molar-refractivity contribution in [2.75, 3.05) is 42.7 Å². The molecule has 1 amide bonds. The number of hydrogen-bond donors (Lipinski definition) is 3. The maximum Gasteiger partial charge on any atom is 0.310 e. The number of anilines is 4. The number of methoxy groups -OCH3 is 1. The Hall–Kier alpha value is -2.72. The Balaban J connectivity index is 0.00000380. The number of benzene rings is 1. The summed E-state index contributed by atoms with van der Waals surface area (Å²) in [5.74, 6) is 1.16. The first-order valence-electron chi connectivity index (χ1n) is 13.2. The van der Waals surface area contributed by atoms with Gasteiger partial charge in [-0.3, -0.25) is 4.48 Å². The van der Waals surface area contributed by atoms with Crippen LogP contribution >= 0.6 is 0 Å². The number of carbonyl (C=O) groups is 1. The van der Waals surface area contributed by atoms with Gasteiger partial charge in [0, 0.05) is 30.6 Å². The van der Waals surface area contributed by atoms with Crippen LogP contribution in [0.2, 0.25) is 0 Å². The fourth-order valence-electron chi connectivity index (χ4n) is 5.63. The summed E-state index contributed by atoms with van der Waals surface area (Å²) in [7, 11) is 1.43. The van der Waals surface area contributed by atoms with Crippen molar-refractivity contribution in [3.8, 4) is 5.75 Å². The molecule has 9 nitrogen and oxygen atoms in total. The van der Waals surface area contributed by atoms with E-state index in [-0.39, 0.29) is 30.1 Å². The molecule has 37 heavy (non-hydrogen) atoms. The van der Waals surface area contributed by atoms with Gasteiger partial charge in [0.2, 0.25) is 17.8 Å². The van der Waals surface area contributed by atoms with Crippen molar-refractivity contribution in [3.63, 3.8) is 0 Å². The van der Waals surface area contributed by atoms with Gasteiger partial charge in [-0.1, -0.05) is 25.7 Å². The van der Waals surface area contributed by atoms with Crippen molar-refractivity contribution in [3.05, 3.63) is 24.0 Å².